The molecule has 8 heteroatoms. The van der Waals surface area contributed by atoms with Gasteiger partial charge in [-0.05, 0) is 24.3 Å². The number of rotatable bonds is 3. The van der Waals surface area contributed by atoms with Crippen molar-refractivity contribution in [3.05, 3.63) is 70.8 Å². The van der Waals surface area contributed by atoms with E-state index < -0.39 is 11.6 Å². The smallest absolute Gasteiger partial charge is 0.340 e. The van der Waals surface area contributed by atoms with E-state index >= 15 is 0 Å². The lowest BCUT2D eigenvalue weighted by molar-refractivity contribution is -0.136. The van der Waals surface area contributed by atoms with Gasteiger partial charge in [0.25, 0.3) is 0 Å². The molecule has 0 fully saturated rings. The van der Waals surface area contributed by atoms with Gasteiger partial charge in [-0.15, -0.1) is 0 Å². The average Bonchev–Trinajstić information content (AvgIpc) is 3.04. The summed E-state index contributed by atoms with van der Waals surface area (Å²) in [4.78, 5) is 25.9. The Bertz CT molecular complexity index is 1120. The van der Waals surface area contributed by atoms with E-state index in [-0.39, 0.29) is 6.42 Å². The third-order valence-electron chi connectivity index (χ3n) is 3.51. The van der Waals surface area contributed by atoms with Gasteiger partial charge in [-0.2, -0.15) is 5.90 Å². The number of carboxylic acid groups (broad SMARTS) is 1. The Morgan fingerprint density at radius 2 is 1.81 bits per heavy atom. The van der Waals surface area contributed by atoms with Crippen LogP contribution in [0.15, 0.2) is 68.3 Å². The molecular weight excluding hydrogens is 340 g/mol. The molecule has 0 aliphatic rings. The van der Waals surface area contributed by atoms with Crippen LogP contribution in [-0.2, 0) is 11.2 Å². The van der Waals surface area contributed by atoms with Gasteiger partial charge in [0.05, 0.1) is 11.5 Å². The first kappa shape index (κ1) is 17.2. The van der Waals surface area contributed by atoms with Crippen molar-refractivity contribution >= 4 is 27.8 Å². The zero-order valence-electron chi connectivity index (χ0n) is 13.4. The molecule has 3 N–H and O–H groups in total. The summed E-state index contributed by atoms with van der Waals surface area (Å²) in [5, 5.41) is 13.7. The van der Waals surface area contributed by atoms with Crippen LogP contribution in [0, 0.1) is 0 Å². The van der Waals surface area contributed by atoms with E-state index in [1.54, 1.807) is 30.3 Å². The van der Waals surface area contributed by atoms with Crippen molar-refractivity contribution in [3.63, 3.8) is 0 Å². The van der Waals surface area contributed by atoms with Crippen LogP contribution in [0.1, 0.15) is 5.76 Å². The van der Waals surface area contributed by atoms with Gasteiger partial charge in [0, 0.05) is 5.39 Å². The molecule has 0 bridgehead atoms. The minimum Gasteiger partial charge on any atom is -0.481 e. The molecule has 132 valence electrons. The highest BCUT2D eigenvalue weighted by atomic mass is 16.6. The van der Waals surface area contributed by atoms with Crippen LogP contribution < -0.4 is 16.4 Å². The van der Waals surface area contributed by atoms with E-state index in [1.807, 2.05) is 18.2 Å². The van der Waals surface area contributed by atoms with Gasteiger partial charge in [0.1, 0.15) is 17.5 Å². The largest absolute Gasteiger partial charge is 0.481 e. The minimum absolute atomic E-state index is 0.124. The molecule has 26 heavy (non-hydrogen) atoms. The van der Waals surface area contributed by atoms with E-state index in [1.165, 1.54) is 6.07 Å². The van der Waals surface area contributed by atoms with E-state index in [2.05, 4.69) is 9.99 Å². The Kier molecular flexibility index (Phi) is 4.95. The number of benzene rings is 2. The number of hydrogen-bond acceptors (Lipinski definition) is 7. The van der Waals surface area contributed by atoms with Gasteiger partial charge >= 0.3 is 11.6 Å². The summed E-state index contributed by atoms with van der Waals surface area (Å²) in [5.41, 5.74) is 0.688. The van der Waals surface area contributed by atoms with Crippen LogP contribution in [0.3, 0.4) is 0 Å². The second-order valence-corrected chi connectivity index (χ2v) is 5.24. The molecule has 0 amide bonds. The molecule has 0 unspecified atom stereocenters. The second kappa shape index (κ2) is 7.49. The number of aliphatic carboxylic acids is 1. The first-order valence-corrected chi connectivity index (χ1v) is 7.53. The normalized spacial score (nSPS) is 10.3. The molecule has 2 aromatic carbocycles. The van der Waals surface area contributed by atoms with Crippen molar-refractivity contribution in [2.75, 3.05) is 0 Å². The summed E-state index contributed by atoms with van der Waals surface area (Å²) < 4.78 is 9.81. The zero-order chi connectivity index (χ0) is 18.5. The first-order chi connectivity index (χ1) is 12.6. The molecule has 4 rings (SSSR count). The van der Waals surface area contributed by atoms with Crippen molar-refractivity contribution in [3.8, 4) is 5.75 Å². The number of para-hydroxylation sites is 1. The first-order valence-electron chi connectivity index (χ1n) is 7.53. The highest BCUT2D eigenvalue weighted by Crippen LogP contribution is 2.21. The van der Waals surface area contributed by atoms with Crippen LogP contribution in [0.25, 0.3) is 21.9 Å². The molecule has 2 heterocycles. The average molecular weight is 354 g/mol. The summed E-state index contributed by atoms with van der Waals surface area (Å²) in [5.74, 6) is 4.82. The topological polar surface area (TPSA) is 129 Å². The second-order valence-electron chi connectivity index (χ2n) is 5.24. The van der Waals surface area contributed by atoms with E-state index in [4.69, 9.17) is 19.9 Å². The SMILES string of the molecule is NOc1cc(=O)oc2ccccc12.O=C(O)Cc1onc2ccccc12. The number of nitrogens with two attached hydrogens (primary N) is 1. The molecule has 0 spiro atoms. The Balaban J connectivity index is 0.000000151. The summed E-state index contributed by atoms with van der Waals surface area (Å²) in [7, 11) is 0. The van der Waals surface area contributed by atoms with E-state index in [0.29, 0.717) is 28.0 Å². The maximum atomic E-state index is 11.0. The van der Waals surface area contributed by atoms with Crippen molar-refractivity contribution in [2.45, 2.75) is 6.42 Å². The standard InChI is InChI=1S/2C9H7NO3/c10-13-8-5-9(11)12-7-4-2-1-3-6(7)8;11-9(12)5-8-6-3-1-2-4-7(6)10-13-8/h1-5H,10H2;1-4H,5H2,(H,11,12). The van der Waals surface area contributed by atoms with Gasteiger partial charge in [-0.25, -0.2) is 4.79 Å². The molecule has 4 aromatic rings. The van der Waals surface area contributed by atoms with Crippen LogP contribution in [0.5, 0.6) is 5.75 Å². The lowest BCUT2D eigenvalue weighted by Gasteiger charge is -2.00. The molecule has 0 aliphatic carbocycles. The number of aromatic nitrogens is 1. The lowest BCUT2D eigenvalue weighted by Crippen LogP contribution is -2.06. The third kappa shape index (κ3) is 3.70. The molecule has 8 nitrogen and oxygen atoms in total. The van der Waals surface area contributed by atoms with Gasteiger partial charge in [-0.1, -0.05) is 29.4 Å². The Labute approximate surface area is 146 Å². The van der Waals surface area contributed by atoms with E-state index in [0.717, 1.165) is 5.39 Å². The number of fused-ring (bicyclic) bond motifs is 2. The summed E-state index contributed by atoms with van der Waals surface area (Å²) in [6.45, 7) is 0. The Morgan fingerprint density at radius 1 is 1.12 bits per heavy atom. The molecule has 0 aliphatic heterocycles. The molecule has 0 saturated heterocycles. The minimum atomic E-state index is -0.915. The molecular formula is C18H14N2O6. The maximum Gasteiger partial charge on any atom is 0.340 e. The predicted octanol–water partition coefficient (Wildman–Crippen LogP) is 2.50. The number of carbonyl (C=O) groups is 1. The Hall–Kier alpha value is -3.65. The predicted molar refractivity (Wildman–Crippen MR) is 92.6 cm³/mol. The van der Waals surface area contributed by atoms with Crippen LogP contribution in [0.4, 0.5) is 0 Å². The maximum absolute atomic E-state index is 11.0. The Morgan fingerprint density at radius 3 is 2.54 bits per heavy atom. The van der Waals surface area contributed by atoms with Crippen LogP contribution >= 0.6 is 0 Å². The fourth-order valence-electron chi connectivity index (χ4n) is 2.39. The number of hydrogen-bond donors (Lipinski definition) is 2. The zero-order valence-corrected chi connectivity index (χ0v) is 13.4. The molecule has 0 saturated carbocycles. The summed E-state index contributed by atoms with van der Waals surface area (Å²) >= 11 is 0. The highest BCUT2D eigenvalue weighted by molar-refractivity contribution is 5.84. The number of carboxylic acids is 1. The number of nitrogens with zero attached hydrogens (tertiary/aromatic N) is 1. The van der Waals surface area contributed by atoms with Crippen molar-refractivity contribution in [1.29, 1.82) is 0 Å². The van der Waals surface area contributed by atoms with Gasteiger partial charge in [0.15, 0.2) is 11.5 Å². The van der Waals surface area contributed by atoms with Crippen molar-refractivity contribution in [2.24, 2.45) is 5.90 Å². The van der Waals surface area contributed by atoms with Crippen molar-refractivity contribution < 1.29 is 23.7 Å². The van der Waals surface area contributed by atoms with Gasteiger partial charge in [0.2, 0.25) is 0 Å². The summed E-state index contributed by atoms with van der Waals surface area (Å²) in [6.07, 6.45) is -0.124. The quantitative estimate of drug-likeness (QED) is 0.424. The van der Waals surface area contributed by atoms with E-state index in [9.17, 15) is 9.59 Å². The van der Waals surface area contributed by atoms with Crippen LogP contribution in [-0.4, -0.2) is 16.2 Å². The molecule has 0 radical (unpaired) electrons. The van der Waals surface area contributed by atoms with Crippen molar-refractivity contribution in [1.82, 2.24) is 5.16 Å². The molecule has 0 atom stereocenters. The fourth-order valence-corrected chi connectivity index (χ4v) is 2.39. The monoisotopic (exact) mass is 354 g/mol. The van der Waals surface area contributed by atoms with Gasteiger partial charge < -0.3 is 18.9 Å². The van der Waals surface area contributed by atoms with Gasteiger partial charge in [-0.3, -0.25) is 4.79 Å². The highest BCUT2D eigenvalue weighted by Gasteiger charge is 2.10. The fraction of sp³-hybridized carbons (Fsp3) is 0.0556. The lowest BCUT2D eigenvalue weighted by atomic mass is 10.2. The summed E-state index contributed by atoms with van der Waals surface area (Å²) in [6, 6.07) is 15.5. The third-order valence-corrected chi connectivity index (χ3v) is 3.51. The van der Waals surface area contributed by atoms with Crippen LogP contribution in [0.2, 0.25) is 0 Å². The molecule has 2 aromatic heterocycles.